The summed E-state index contributed by atoms with van der Waals surface area (Å²) in [6.07, 6.45) is 0.193. The minimum absolute atomic E-state index is 0.311. The van der Waals surface area contributed by atoms with Crippen LogP contribution in [0, 0.1) is 0 Å². The number of anilines is 2. The summed E-state index contributed by atoms with van der Waals surface area (Å²) in [7, 11) is 0. The molecule has 3 aromatic heterocycles. The molecule has 1 N–H and O–H groups in total. The van der Waals surface area contributed by atoms with Crippen LogP contribution in [0.1, 0.15) is 0 Å². The normalized spacial score (nSPS) is 11.5. The minimum atomic E-state index is -4.75. The van der Waals surface area contributed by atoms with E-state index in [1.165, 1.54) is 18.2 Å². The zero-order valence-electron chi connectivity index (χ0n) is 13.7. The summed E-state index contributed by atoms with van der Waals surface area (Å²) in [5, 5.41) is 7.54. The molecule has 4 rings (SSSR count). The topological polar surface area (TPSA) is 64.3 Å². The van der Waals surface area contributed by atoms with Crippen LogP contribution in [-0.2, 0) is 0 Å². The SMILES string of the molecule is FC(F)(F)Oc1cccc(Nc2ccnc3cc(-c4cccnc4)nn23)c1. The van der Waals surface area contributed by atoms with E-state index in [0.717, 1.165) is 5.56 Å². The van der Waals surface area contributed by atoms with E-state index >= 15 is 0 Å². The number of ether oxygens (including phenoxy) is 1. The van der Waals surface area contributed by atoms with E-state index in [9.17, 15) is 13.2 Å². The van der Waals surface area contributed by atoms with Crippen molar-refractivity contribution in [2.45, 2.75) is 6.36 Å². The fraction of sp³-hybridized carbons (Fsp3) is 0.0556. The zero-order chi connectivity index (χ0) is 18.9. The summed E-state index contributed by atoms with van der Waals surface area (Å²) in [4.78, 5) is 8.33. The van der Waals surface area contributed by atoms with Crippen molar-refractivity contribution in [1.29, 1.82) is 0 Å². The van der Waals surface area contributed by atoms with Crippen LogP contribution in [0.25, 0.3) is 16.9 Å². The van der Waals surface area contributed by atoms with Gasteiger partial charge in [-0.3, -0.25) is 4.98 Å². The Labute approximate surface area is 151 Å². The first kappa shape index (κ1) is 16.8. The number of hydrogen-bond donors (Lipinski definition) is 1. The van der Waals surface area contributed by atoms with Crippen molar-refractivity contribution < 1.29 is 17.9 Å². The molecule has 0 aliphatic heterocycles. The second-order valence-electron chi connectivity index (χ2n) is 5.57. The molecule has 0 atom stereocenters. The van der Waals surface area contributed by atoms with E-state index in [-0.39, 0.29) is 5.75 Å². The number of alkyl halides is 3. The lowest BCUT2D eigenvalue weighted by Gasteiger charge is -2.11. The number of nitrogens with one attached hydrogen (secondary N) is 1. The lowest BCUT2D eigenvalue weighted by atomic mass is 10.2. The molecule has 9 heteroatoms. The molecular formula is C18H12F3N5O. The Morgan fingerprint density at radius 2 is 1.89 bits per heavy atom. The number of aromatic nitrogens is 4. The summed E-state index contributed by atoms with van der Waals surface area (Å²) < 4.78 is 42.7. The van der Waals surface area contributed by atoms with E-state index in [1.54, 1.807) is 47.4 Å². The van der Waals surface area contributed by atoms with Crippen LogP contribution in [0.5, 0.6) is 5.75 Å². The van der Waals surface area contributed by atoms with Crippen molar-refractivity contribution in [3.8, 4) is 17.0 Å². The molecular weight excluding hydrogens is 359 g/mol. The van der Waals surface area contributed by atoms with E-state index < -0.39 is 6.36 Å². The van der Waals surface area contributed by atoms with Gasteiger partial charge in [-0.25, -0.2) is 4.98 Å². The Bertz CT molecular complexity index is 1080. The Balaban J connectivity index is 1.67. The van der Waals surface area contributed by atoms with Crippen molar-refractivity contribution in [3.05, 3.63) is 67.1 Å². The lowest BCUT2D eigenvalue weighted by Crippen LogP contribution is -2.17. The predicted molar refractivity (Wildman–Crippen MR) is 92.6 cm³/mol. The molecule has 4 aromatic rings. The second-order valence-corrected chi connectivity index (χ2v) is 5.57. The lowest BCUT2D eigenvalue weighted by molar-refractivity contribution is -0.274. The van der Waals surface area contributed by atoms with Crippen LogP contribution < -0.4 is 10.1 Å². The van der Waals surface area contributed by atoms with Gasteiger partial charge in [0, 0.05) is 42.0 Å². The zero-order valence-corrected chi connectivity index (χ0v) is 13.7. The summed E-state index contributed by atoms with van der Waals surface area (Å²) in [6, 6.07) is 12.7. The summed E-state index contributed by atoms with van der Waals surface area (Å²) in [6.45, 7) is 0. The number of pyridine rings is 1. The monoisotopic (exact) mass is 371 g/mol. The molecule has 1 aromatic carbocycles. The molecule has 0 saturated heterocycles. The van der Waals surface area contributed by atoms with Crippen LogP contribution in [0.15, 0.2) is 67.1 Å². The second kappa shape index (κ2) is 6.60. The smallest absolute Gasteiger partial charge is 0.406 e. The molecule has 0 fully saturated rings. The maximum Gasteiger partial charge on any atom is 0.573 e. The highest BCUT2D eigenvalue weighted by atomic mass is 19.4. The van der Waals surface area contributed by atoms with E-state index in [0.29, 0.717) is 22.8 Å². The number of fused-ring (bicyclic) bond motifs is 1. The van der Waals surface area contributed by atoms with Crippen LogP contribution in [0.3, 0.4) is 0 Å². The third-order valence-corrected chi connectivity index (χ3v) is 3.66. The first-order chi connectivity index (χ1) is 13.0. The first-order valence-corrected chi connectivity index (χ1v) is 7.86. The molecule has 136 valence electrons. The molecule has 0 amide bonds. The fourth-order valence-corrected chi connectivity index (χ4v) is 2.56. The van der Waals surface area contributed by atoms with Gasteiger partial charge in [0.1, 0.15) is 11.6 Å². The third kappa shape index (κ3) is 3.81. The van der Waals surface area contributed by atoms with Crippen LogP contribution in [0.2, 0.25) is 0 Å². The Morgan fingerprint density at radius 1 is 1.00 bits per heavy atom. The van der Waals surface area contributed by atoms with Crippen LogP contribution in [-0.4, -0.2) is 25.9 Å². The highest BCUT2D eigenvalue weighted by Gasteiger charge is 2.31. The van der Waals surface area contributed by atoms with Gasteiger partial charge in [0.25, 0.3) is 0 Å². The molecule has 0 unspecified atom stereocenters. The van der Waals surface area contributed by atoms with Gasteiger partial charge in [0.15, 0.2) is 5.65 Å². The van der Waals surface area contributed by atoms with Crippen molar-refractivity contribution >= 4 is 17.2 Å². The van der Waals surface area contributed by atoms with Crippen molar-refractivity contribution in [1.82, 2.24) is 19.6 Å². The fourth-order valence-electron chi connectivity index (χ4n) is 2.56. The average Bonchev–Trinajstić information content (AvgIpc) is 3.07. The van der Waals surface area contributed by atoms with Crippen molar-refractivity contribution in [2.75, 3.05) is 5.32 Å². The molecule has 0 bridgehead atoms. The minimum Gasteiger partial charge on any atom is -0.406 e. The molecule has 6 nitrogen and oxygen atoms in total. The summed E-state index contributed by atoms with van der Waals surface area (Å²) in [5.74, 6) is 0.230. The highest BCUT2D eigenvalue weighted by molar-refractivity contribution is 5.66. The molecule has 0 saturated carbocycles. The molecule has 0 radical (unpaired) electrons. The van der Waals surface area contributed by atoms with Crippen LogP contribution in [0.4, 0.5) is 24.7 Å². The first-order valence-electron chi connectivity index (χ1n) is 7.86. The predicted octanol–water partition coefficient (Wildman–Crippen LogP) is 4.43. The number of rotatable bonds is 4. The Kier molecular flexibility index (Phi) is 4.11. The van der Waals surface area contributed by atoms with Gasteiger partial charge in [0.05, 0.1) is 5.69 Å². The molecule has 0 aliphatic carbocycles. The highest BCUT2D eigenvalue weighted by Crippen LogP contribution is 2.27. The van der Waals surface area contributed by atoms with Gasteiger partial charge in [-0.15, -0.1) is 13.2 Å². The molecule has 0 aliphatic rings. The number of nitrogens with zero attached hydrogens (tertiary/aromatic N) is 4. The van der Waals surface area contributed by atoms with Crippen molar-refractivity contribution in [3.63, 3.8) is 0 Å². The standard InChI is InChI=1S/C18H12F3N5O/c19-18(20,21)27-14-5-1-4-13(9-14)24-16-6-8-23-17-10-15(25-26(16)17)12-3-2-7-22-11-12/h1-11,24H. The molecule has 27 heavy (non-hydrogen) atoms. The van der Waals surface area contributed by atoms with E-state index in [2.05, 4.69) is 25.1 Å². The van der Waals surface area contributed by atoms with Gasteiger partial charge in [0.2, 0.25) is 0 Å². The molecule has 0 spiro atoms. The largest absolute Gasteiger partial charge is 0.573 e. The van der Waals surface area contributed by atoms with Crippen LogP contribution >= 0.6 is 0 Å². The van der Waals surface area contributed by atoms with Gasteiger partial charge in [-0.1, -0.05) is 6.07 Å². The quantitative estimate of drug-likeness (QED) is 0.575. The Morgan fingerprint density at radius 3 is 2.67 bits per heavy atom. The number of hydrogen-bond acceptors (Lipinski definition) is 5. The third-order valence-electron chi connectivity index (χ3n) is 3.66. The van der Waals surface area contributed by atoms with E-state index in [4.69, 9.17) is 0 Å². The number of benzene rings is 1. The number of halogens is 3. The maximum absolute atomic E-state index is 12.4. The van der Waals surface area contributed by atoms with Gasteiger partial charge >= 0.3 is 6.36 Å². The maximum atomic E-state index is 12.4. The average molecular weight is 371 g/mol. The summed E-state index contributed by atoms with van der Waals surface area (Å²) >= 11 is 0. The Hall–Kier alpha value is -3.62. The van der Waals surface area contributed by atoms with Gasteiger partial charge in [-0.05, 0) is 30.3 Å². The van der Waals surface area contributed by atoms with Crippen molar-refractivity contribution in [2.24, 2.45) is 0 Å². The molecule has 3 heterocycles. The van der Waals surface area contributed by atoms with E-state index in [1.807, 2.05) is 6.07 Å². The van der Waals surface area contributed by atoms with Gasteiger partial charge < -0.3 is 10.1 Å². The van der Waals surface area contributed by atoms with Gasteiger partial charge in [-0.2, -0.15) is 9.61 Å². The summed E-state index contributed by atoms with van der Waals surface area (Å²) in [5.41, 5.74) is 2.51.